The van der Waals surface area contributed by atoms with E-state index in [-0.39, 0.29) is 12.6 Å². The Bertz CT molecular complexity index is 838. The molecule has 0 saturated carbocycles. The maximum absolute atomic E-state index is 12.7. The number of nitrogens with zero attached hydrogens (tertiary/aromatic N) is 1. The lowest BCUT2D eigenvalue weighted by molar-refractivity contribution is -0.158. The fraction of sp³-hybridized carbons (Fsp3) is 0.368. The number of amides is 2. The Morgan fingerprint density at radius 1 is 1.20 bits per heavy atom. The molecule has 2 amide bonds. The van der Waals surface area contributed by atoms with Gasteiger partial charge in [0.15, 0.2) is 6.10 Å². The molecule has 6 heteroatoms. The van der Waals surface area contributed by atoms with Crippen molar-refractivity contribution in [2.75, 3.05) is 32.1 Å². The second-order valence-electron chi connectivity index (χ2n) is 6.37. The first-order chi connectivity index (χ1) is 12.2. The molecule has 0 bridgehead atoms. The minimum absolute atomic E-state index is 0.194. The molecule has 1 aliphatic heterocycles. The van der Waals surface area contributed by atoms with Crippen LogP contribution in [0.25, 0.3) is 10.8 Å². The van der Waals surface area contributed by atoms with Crippen molar-refractivity contribution in [1.82, 2.24) is 4.90 Å². The minimum atomic E-state index is -0.725. The Hall–Kier alpha value is -2.60. The van der Waals surface area contributed by atoms with Crippen LogP contribution in [0.4, 0.5) is 10.5 Å². The van der Waals surface area contributed by atoms with Gasteiger partial charge in [-0.2, -0.15) is 0 Å². The van der Waals surface area contributed by atoms with Crippen molar-refractivity contribution < 1.29 is 19.1 Å². The second kappa shape index (κ2) is 6.37. The molecule has 2 aliphatic rings. The van der Waals surface area contributed by atoms with Crippen molar-refractivity contribution in [2.45, 2.75) is 18.9 Å². The summed E-state index contributed by atoms with van der Waals surface area (Å²) in [5, 5.41) is 5.32. The molecule has 25 heavy (non-hydrogen) atoms. The molecule has 0 unspecified atom stereocenters. The molecule has 1 atom stereocenters. The van der Waals surface area contributed by atoms with Crippen LogP contribution in [-0.2, 0) is 27.1 Å². The van der Waals surface area contributed by atoms with Gasteiger partial charge in [0, 0.05) is 11.9 Å². The number of anilines is 1. The largest absolute Gasteiger partial charge is 0.467 e. The van der Waals surface area contributed by atoms with E-state index in [9.17, 15) is 9.59 Å². The van der Waals surface area contributed by atoms with Crippen LogP contribution >= 0.6 is 0 Å². The maximum atomic E-state index is 12.7. The Morgan fingerprint density at radius 2 is 2.00 bits per heavy atom. The average molecular weight is 340 g/mol. The SMILES string of the molecule is COC(=O)[C@@H]1CN(C(=O)Nc2ccc3c4c(cccc24)CC3)CCO1. The lowest BCUT2D eigenvalue weighted by Crippen LogP contribution is -2.50. The third-order valence-electron chi connectivity index (χ3n) is 4.94. The van der Waals surface area contributed by atoms with Gasteiger partial charge in [-0.1, -0.05) is 24.3 Å². The van der Waals surface area contributed by atoms with E-state index < -0.39 is 12.1 Å². The number of morpholine rings is 1. The predicted octanol–water partition coefficient (Wildman–Crippen LogP) is 2.34. The Balaban J connectivity index is 1.56. The van der Waals surface area contributed by atoms with Crippen LogP contribution in [0, 0.1) is 0 Å². The number of esters is 1. The first-order valence-corrected chi connectivity index (χ1v) is 8.46. The van der Waals surface area contributed by atoms with Crippen molar-refractivity contribution in [2.24, 2.45) is 0 Å². The number of carbonyl (C=O) groups is 2. The maximum Gasteiger partial charge on any atom is 0.336 e. The number of aryl methyl sites for hydroxylation is 2. The fourth-order valence-electron chi connectivity index (χ4n) is 3.66. The topological polar surface area (TPSA) is 67.9 Å². The summed E-state index contributed by atoms with van der Waals surface area (Å²) in [7, 11) is 1.32. The molecule has 2 aromatic carbocycles. The number of ether oxygens (including phenoxy) is 2. The van der Waals surface area contributed by atoms with Crippen LogP contribution in [0.5, 0.6) is 0 Å². The Labute approximate surface area is 145 Å². The smallest absolute Gasteiger partial charge is 0.336 e. The molecule has 0 radical (unpaired) electrons. The van der Waals surface area contributed by atoms with E-state index in [1.807, 2.05) is 18.2 Å². The highest BCUT2D eigenvalue weighted by Crippen LogP contribution is 2.35. The van der Waals surface area contributed by atoms with E-state index in [0.717, 1.165) is 23.9 Å². The minimum Gasteiger partial charge on any atom is -0.467 e. The number of hydrogen-bond acceptors (Lipinski definition) is 4. The lowest BCUT2D eigenvalue weighted by Gasteiger charge is -2.31. The van der Waals surface area contributed by atoms with Crippen LogP contribution in [-0.4, -0.2) is 49.8 Å². The molecule has 130 valence electrons. The summed E-state index contributed by atoms with van der Waals surface area (Å²) in [6, 6.07) is 10.0. The van der Waals surface area contributed by atoms with Crippen LogP contribution in [0.3, 0.4) is 0 Å². The summed E-state index contributed by atoms with van der Waals surface area (Å²) in [4.78, 5) is 25.9. The van der Waals surface area contributed by atoms with Crippen molar-refractivity contribution in [3.63, 3.8) is 0 Å². The van der Waals surface area contributed by atoms with Crippen molar-refractivity contribution in [1.29, 1.82) is 0 Å². The Kier molecular flexibility index (Phi) is 4.05. The van der Waals surface area contributed by atoms with Gasteiger partial charge >= 0.3 is 12.0 Å². The van der Waals surface area contributed by atoms with E-state index in [4.69, 9.17) is 9.47 Å². The number of urea groups is 1. The van der Waals surface area contributed by atoms with Gasteiger partial charge < -0.3 is 19.7 Å². The zero-order valence-electron chi connectivity index (χ0n) is 14.1. The van der Waals surface area contributed by atoms with E-state index in [1.54, 1.807) is 4.90 Å². The third kappa shape index (κ3) is 2.82. The summed E-state index contributed by atoms with van der Waals surface area (Å²) >= 11 is 0. The molecule has 2 aromatic rings. The highest BCUT2D eigenvalue weighted by molar-refractivity contribution is 6.04. The first kappa shape index (κ1) is 15.9. The van der Waals surface area contributed by atoms with Crippen LogP contribution in [0.15, 0.2) is 30.3 Å². The van der Waals surface area contributed by atoms with Gasteiger partial charge in [-0.3, -0.25) is 0 Å². The zero-order chi connectivity index (χ0) is 17.4. The highest BCUT2D eigenvalue weighted by atomic mass is 16.6. The normalized spacial score (nSPS) is 19.1. The lowest BCUT2D eigenvalue weighted by atomic mass is 10.0. The van der Waals surface area contributed by atoms with Gasteiger partial charge in [0.1, 0.15) is 0 Å². The van der Waals surface area contributed by atoms with Gasteiger partial charge in [-0.05, 0) is 35.4 Å². The number of nitrogens with one attached hydrogen (secondary N) is 1. The number of benzene rings is 2. The van der Waals surface area contributed by atoms with Gasteiger partial charge in [0.05, 0.1) is 25.9 Å². The summed E-state index contributed by atoms with van der Waals surface area (Å²) in [5.41, 5.74) is 3.47. The van der Waals surface area contributed by atoms with E-state index in [1.165, 1.54) is 23.6 Å². The summed E-state index contributed by atoms with van der Waals surface area (Å²) < 4.78 is 10.1. The molecule has 6 nitrogen and oxygen atoms in total. The fourth-order valence-corrected chi connectivity index (χ4v) is 3.66. The van der Waals surface area contributed by atoms with Crippen molar-refractivity contribution >= 4 is 28.5 Å². The van der Waals surface area contributed by atoms with Gasteiger partial charge in [0.25, 0.3) is 0 Å². The Morgan fingerprint density at radius 3 is 2.80 bits per heavy atom. The molecule has 1 saturated heterocycles. The molecule has 1 fully saturated rings. The predicted molar refractivity (Wildman–Crippen MR) is 93.7 cm³/mol. The first-order valence-electron chi connectivity index (χ1n) is 8.46. The molecule has 1 N–H and O–H groups in total. The molecular formula is C19H20N2O4. The van der Waals surface area contributed by atoms with Crippen molar-refractivity contribution in [3.8, 4) is 0 Å². The molecule has 0 spiro atoms. The van der Waals surface area contributed by atoms with Gasteiger partial charge in [-0.15, -0.1) is 0 Å². The third-order valence-corrected chi connectivity index (χ3v) is 4.94. The van der Waals surface area contributed by atoms with Crippen LogP contribution < -0.4 is 5.32 Å². The molecular weight excluding hydrogens is 320 g/mol. The quantitative estimate of drug-likeness (QED) is 0.852. The standard InChI is InChI=1S/C19H20N2O4/c1-24-18(22)16-11-21(9-10-25-16)19(23)20-15-8-7-13-6-5-12-3-2-4-14(15)17(12)13/h2-4,7-8,16H,5-6,9-11H2,1H3,(H,20,23)/t16-/m0/s1. The monoisotopic (exact) mass is 340 g/mol. The van der Waals surface area contributed by atoms with E-state index in [2.05, 4.69) is 17.4 Å². The van der Waals surface area contributed by atoms with E-state index >= 15 is 0 Å². The van der Waals surface area contributed by atoms with Crippen molar-refractivity contribution in [3.05, 3.63) is 41.5 Å². The second-order valence-corrected chi connectivity index (χ2v) is 6.37. The summed E-state index contributed by atoms with van der Waals surface area (Å²) in [6.45, 7) is 0.956. The average Bonchev–Trinajstić information content (AvgIpc) is 3.08. The van der Waals surface area contributed by atoms with Crippen LogP contribution in [0.2, 0.25) is 0 Å². The molecule has 0 aromatic heterocycles. The zero-order valence-corrected chi connectivity index (χ0v) is 14.1. The molecule has 1 heterocycles. The molecule has 4 rings (SSSR count). The number of hydrogen-bond donors (Lipinski definition) is 1. The van der Waals surface area contributed by atoms with Gasteiger partial charge in [0.2, 0.25) is 0 Å². The van der Waals surface area contributed by atoms with Crippen LogP contribution in [0.1, 0.15) is 11.1 Å². The summed E-state index contributed by atoms with van der Waals surface area (Å²) in [6.07, 6.45) is 1.38. The number of methoxy groups -OCH3 is 1. The summed E-state index contributed by atoms with van der Waals surface area (Å²) in [5.74, 6) is -0.456. The van der Waals surface area contributed by atoms with E-state index in [0.29, 0.717) is 13.2 Å². The highest BCUT2D eigenvalue weighted by Gasteiger charge is 2.30. The number of carbonyl (C=O) groups excluding carboxylic acids is 2. The van der Waals surface area contributed by atoms with Gasteiger partial charge in [-0.25, -0.2) is 9.59 Å². The molecule has 1 aliphatic carbocycles. The number of rotatable bonds is 2.